The molecule has 5 heteroatoms. The lowest BCUT2D eigenvalue weighted by Crippen LogP contribution is -2.16. The molecule has 0 unspecified atom stereocenters. The first-order chi connectivity index (χ1) is 23.2. The van der Waals surface area contributed by atoms with Crippen LogP contribution in [0.15, 0.2) is 95.2 Å². The molecule has 0 aromatic heterocycles. The van der Waals surface area contributed by atoms with Crippen LogP contribution in [0.3, 0.4) is 0 Å². The number of allylic oxidation sites excluding steroid dienone is 10. The highest BCUT2D eigenvalue weighted by Crippen LogP contribution is 2.36. The molecule has 0 atom stereocenters. The molecule has 0 N–H and O–H groups in total. The van der Waals surface area contributed by atoms with Crippen molar-refractivity contribution in [2.45, 2.75) is 119 Å². The molecular formula is C43H58O5. The second-order valence-corrected chi connectivity index (χ2v) is 13.3. The quantitative estimate of drug-likeness (QED) is 0.166. The van der Waals surface area contributed by atoms with Crippen LogP contribution >= 0.6 is 0 Å². The number of carbonyl (C=O) groups is 3. The molecule has 0 amide bonds. The number of ether oxygens (including phenoxy) is 2. The molecule has 0 saturated carbocycles. The van der Waals surface area contributed by atoms with Crippen LogP contribution in [-0.4, -0.2) is 30.7 Å². The van der Waals surface area contributed by atoms with Crippen LogP contribution in [0.1, 0.15) is 129 Å². The zero-order valence-electron chi connectivity index (χ0n) is 30.4. The highest BCUT2D eigenvalue weighted by Gasteiger charge is 2.25. The summed E-state index contributed by atoms with van der Waals surface area (Å²) in [5.41, 5.74) is 4.12. The van der Waals surface area contributed by atoms with Gasteiger partial charge in [-0.05, 0) is 134 Å². The van der Waals surface area contributed by atoms with Crippen molar-refractivity contribution in [3.05, 3.63) is 101 Å². The first-order valence-corrected chi connectivity index (χ1v) is 18.3. The Kier molecular flexibility index (Phi) is 15.6. The highest BCUT2D eigenvalue weighted by atomic mass is 16.5. The van der Waals surface area contributed by atoms with Crippen molar-refractivity contribution >= 4 is 17.5 Å². The van der Waals surface area contributed by atoms with Gasteiger partial charge in [-0.1, -0.05) is 90.1 Å². The smallest absolute Gasteiger partial charge is 0.342 e. The normalized spacial score (nSPS) is 24.5. The first kappa shape index (κ1) is 38.7. The standard InChI is InChI=1S/C43H58O5/c1-7-35-19-15-17-33(23-27-42(9-3,10-4)29-25-38(35)44)31-47-40-22-14-13-21-37(40)41(46)48-32-34-18-16-20-36(8-2)39(45)26-30-43(11-5,12-6)28-24-34/h13-14,19-26,29-30H,7-12,15-18,27-28,31-32H2,1-6H3/b29-25-,30-26-,33-23+,34-24+,35-19-,36-20-. The summed E-state index contributed by atoms with van der Waals surface area (Å²) in [6.45, 7) is 13.3. The van der Waals surface area contributed by atoms with E-state index in [1.54, 1.807) is 18.2 Å². The number of hydrogen-bond acceptors (Lipinski definition) is 5. The monoisotopic (exact) mass is 654 g/mol. The zero-order valence-corrected chi connectivity index (χ0v) is 30.4. The Morgan fingerprint density at radius 2 is 1.15 bits per heavy atom. The third-order valence-electron chi connectivity index (χ3n) is 10.6. The van der Waals surface area contributed by atoms with Crippen molar-refractivity contribution in [1.82, 2.24) is 0 Å². The van der Waals surface area contributed by atoms with Gasteiger partial charge < -0.3 is 9.47 Å². The number of para-hydroxylation sites is 1. The van der Waals surface area contributed by atoms with Crippen LogP contribution in [0.5, 0.6) is 5.75 Å². The molecule has 260 valence electrons. The fourth-order valence-corrected chi connectivity index (χ4v) is 6.43. The molecule has 0 heterocycles. The molecule has 1 aromatic carbocycles. The second-order valence-electron chi connectivity index (χ2n) is 13.3. The van der Waals surface area contributed by atoms with Gasteiger partial charge in [0.25, 0.3) is 0 Å². The van der Waals surface area contributed by atoms with Gasteiger partial charge in [0, 0.05) is 0 Å². The molecule has 0 bridgehead atoms. The van der Waals surface area contributed by atoms with Crippen molar-refractivity contribution in [3.63, 3.8) is 0 Å². The number of hydrogen-bond donors (Lipinski definition) is 0. The minimum atomic E-state index is -0.412. The van der Waals surface area contributed by atoms with E-state index >= 15 is 0 Å². The average molecular weight is 655 g/mol. The van der Waals surface area contributed by atoms with E-state index in [-0.39, 0.29) is 29.0 Å². The fourth-order valence-electron chi connectivity index (χ4n) is 6.43. The summed E-state index contributed by atoms with van der Waals surface area (Å²) < 4.78 is 12.3. The molecule has 48 heavy (non-hydrogen) atoms. The molecule has 0 radical (unpaired) electrons. The van der Waals surface area contributed by atoms with Crippen LogP contribution in [0.2, 0.25) is 0 Å². The second kappa shape index (κ2) is 19.3. The number of rotatable bonds is 12. The lowest BCUT2D eigenvalue weighted by atomic mass is 9.78. The maximum absolute atomic E-state index is 13.5. The van der Waals surface area contributed by atoms with Crippen LogP contribution in [0, 0.1) is 10.8 Å². The lowest BCUT2D eigenvalue weighted by Gasteiger charge is -2.27. The Labute approximate surface area is 289 Å². The Morgan fingerprint density at radius 1 is 0.667 bits per heavy atom. The van der Waals surface area contributed by atoms with Crippen LogP contribution in [0.4, 0.5) is 0 Å². The fraction of sp³-hybridized carbons (Fsp3) is 0.512. The molecule has 0 aliphatic heterocycles. The summed E-state index contributed by atoms with van der Waals surface area (Å²) in [7, 11) is 0. The predicted octanol–water partition coefficient (Wildman–Crippen LogP) is 11.0. The van der Waals surface area contributed by atoms with Crippen molar-refractivity contribution < 1.29 is 23.9 Å². The minimum absolute atomic E-state index is 0.0809. The van der Waals surface area contributed by atoms with Crippen molar-refractivity contribution in [3.8, 4) is 5.75 Å². The summed E-state index contributed by atoms with van der Waals surface area (Å²) in [4.78, 5) is 39.2. The molecule has 2 aliphatic rings. The van der Waals surface area contributed by atoms with Crippen LogP contribution in [0.25, 0.3) is 0 Å². The summed E-state index contributed by atoms with van der Waals surface area (Å²) in [5, 5.41) is 0. The van der Waals surface area contributed by atoms with E-state index in [1.807, 2.05) is 38.1 Å². The molecule has 3 rings (SSSR count). The maximum atomic E-state index is 13.5. The van der Waals surface area contributed by atoms with Gasteiger partial charge in [0.1, 0.15) is 24.5 Å². The zero-order chi connectivity index (χ0) is 35.0. The van der Waals surface area contributed by atoms with Crippen molar-refractivity contribution in [2.75, 3.05) is 13.2 Å². The Bertz CT molecular complexity index is 1440. The van der Waals surface area contributed by atoms with Crippen molar-refractivity contribution in [2.24, 2.45) is 10.8 Å². The lowest BCUT2D eigenvalue weighted by molar-refractivity contribution is -0.112. The maximum Gasteiger partial charge on any atom is 0.342 e. The minimum Gasteiger partial charge on any atom is -0.488 e. The van der Waals surface area contributed by atoms with E-state index in [1.165, 1.54) is 0 Å². The molecule has 2 aliphatic carbocycles. The molecule has 0 spiro atoms. The number of esters is 1. The van der Waals surface area contributed by atoms with Gasteiger partial charge in [0.2, 0.25) is 0 Å². The van der Waals surface area contributed by atoms with Gasteiger partial charge >= 0.3 is 5.97 Å². The van der Waals surface area contributed by atoms with Gasteiger partial charge in [0.15, 0.2) is 11.6 Å². The SMILES string of the molecule is CC/C1=C/CC/C(COC(=O)c2ccccc2OC/C2=C/CC(CC)(CC)/C=C\C(=O)/C(CC)=C\CC2)=C\CC(CC)(CC)/C=C\C1=O. The van der Waals surface area contributed by atoms with Crippen LogP contribution in [-0.2, 0) is 14.3 Å². The summed E-state index contributed by atoms with van der Waals surface area (Å²) >= 11 is 0. The molecule has 0 saturated heterocycles. The van der Waals surface area contributed by atoms with E-state index in [0.717, 1.165) is 86.5 Å². The molecule has 5 nitrogen and oxygen atoms in total. The third-order valence-corrected chi connectivity index (χ3v) is 10.6. The highest BCUT2D eigenvalue weighted by molar-refractivity contribution is 6.04. The molecule has 1 aromatic rings. The Morgan fingerprint density at radius 3 is 1.62 bits per heavy atom. The van der Waals surface area contributed by atoms with E-state index in [0.29, 0.717) is 30.8 Å². The largest absolute Gasteiger partial charge is 0.488 e. The van der Waals surface area contributed by atoms with Gasteiger partial charge in [-0.15, -0.1) is 0 Å². The summed E-state index contributed by atoms with van der Waals surface area (Å²) in [6.07, 6.45) is 26.1. The van der Waals surface area contributed by atoms with E-state index < -0.39 is 5.97 Å². The topological polar surface area (TPSA) is 69.7 Å². The van der Waals surface area contributed by atoms with Gasteiger partial charge in [-0.25, -0.2) is 4.79 Å². The van der Waals surface area contributed by atoms with E-state index in [4.69, 9.17) is 9.47 Å². The molecule has 0 fully saturated rings. The third kappa shape index (κ3) is 10.9. The van der Waals surface area contributed by atoms with Gasteiger partial charge in [0.05, 0.1) is 0 Å². The Balaban J connectivity index is 1.77. The first-order valence-electron chi connectivity index (χ1n) is 18.3. The van der Waals surface area contributed by atoms with Crippen molar-refractivity contribution in [1.29, 1.82) is 0 Å². The predicted molar refractivity (Wildman–Crippen MR) is 197 cm³/mol. The summed E-state index contributed by atoms with van der Waals surface area (Å²) in [5.74, 6) is 0.291. The van der Waals surface area contributed by atoms with E-state index in [9.17, 15) is 14.4 Å². The van der Waals surface area contributed by atoms with E-state index in [2.05, 4.69) is 58.1 Å². The number of ketones is 2. The van der Waals surface area contributed by atoms with Gasteiger partial charge in [-0.3, -0.25) is 9.59 Å². The Hall–Kier alpha value is -3.73. The average Bonchev–Trinajstić information content (AvgIpc) is 3.17. The summed E-state index contributed by atoms with van der Waals surface area (Å²) in [6, 6.07) is 7.28. The molecular weight excluding hydrogens is 596 g/mol. The van der Waals surface area contributed by atoms with Crippen LogP contribution < -0.4 is 4.74 Å². The number of carbonyl (C=O) groups excluding carboxylic acids is 3. The van der Waals surface area contributed by atoms with Gasteiger partial charge in [-0.2, -0.15) is 0 Å². The number of benzene rings is 1.